The summed E-state index contributed by atoms with van der Waals surface area (Å²) in [6.45, 7) is 2.45. The summed E-state index contributed by atoms with van der Waals surface area (Å²) in [6.07, 6.45) is 17.0. The van der Waals surface area contributed by atoms with E-state index >= 15 is 0 Å². The average Bonchev–Trinajstić information content (AvgIpc) is 3.70. The number of aromatic nitrogens is 4. The Bertz CT molecular complexity index is 1680. The smallest absolute Gasteiger partial charge is 0.314 e. The molecule has 9 nitrogen and oxygen atoms in total. The van der Waals surface area contributed by atoms with Crippen LogP contribution in [0.4, 0.5) is 10.5 Å². The van der Waals surface area contributed by atoms with E-state index in [-0.39, 0.29) is 17.6 Å². The fourth-order valence-corrected chi connectivity index (χ4v) is 8.45. The van der Waals surface area contributed by atoms with Gasteiger partial charge in [0.25, 0.3) is 0 Å². The Hall–Kier alpha value is -3.97. The topological polar surface area (TPSA) is 120 Å². The van der Waals surface area contributed by atoms with Crippen molar-refractivity contribution in [2.75, 3.05) is 12.4 Å². The van der Waals surface area contributed by atoms with Crippen LogP contribution in [0.2, 0.25) is 0 Å². The van der Waals surface area contributed by atoms with Gasteiger partial charge in [-0.15, -0.1) is 11.3 Å². The number of nitrogens with zero attached hydrogens (tertiary/aromatic N) is 5. The van der Waals surface area contributed by atoms with Gasteiger partial charge in [-0.05, 0) is 93.9 Å². The van der Waals surface area contributed by atoms with Gasteiger partial charge in [-0.1, -0.05) is 6.92 Å². The van der Waals surface area contributed by atoms with E-state index in [0.717, 1.165) is 58.7 Å². The van der Waals surface area contributed by atoms with E-state index in [1.54, 1.807) is 24.6 Å². The molecular formula is C33H38N8OS. The Morgan fingerprint density at radius 2 is 1.79 bits per heavy atom. The van der Waals surface area contributed by atoms with Crippen LogP contribution in [0.5, 0.6) is 0 Å². The van der Waals surface area contributed by atoms with Crippen molar-refractivity contribution in [1.82, 2.24) is 30.2 Å². The molecule has 0 atom stereocenters. The van der Waals surface area contributed by atoms with Gasteiger partial charge in [0.1, 0.15) is 6.07 Å². The molecular weight excluding hydrogens is 556 g/mol. The number of nitrogens with one attached hydrogen (secondary N) is 3. The maximum Gasteiger partial charge on any atom is 0.314 e. The van der Waals surface area contributed by atoms with Gasteiger partial charge >= 0.3 is 6.03 Å². The molecule has 4 fully saturated rings. The largest absolute Gasteiger partial charge is 0.379 e. The Morgan fingerprint density at radius 1 is 1.02 bits per heavy atom. The molecule has 0 radical (unpaired) electrons. The first-order valence-electron chi connectivity index (χ1n) is 15.5. The summed E-state index contributed by atoms with van der Waals surface area (Å²) in [5.41, 5.74) is 5.97. The summed E-state index contributed by atoms with van der Waals surface area (Å²) in [5, 5.41) is 24.8. The molecule has 4 aliphatic rings. The lowest BCUT2D eigenvalue weighted by molar-refractivity contribution is 0.0723. The minimum Gasteiger partial charge on any atom is -0.379 e. The normalized spacial score (nSPS) is 26.6. The highest BCUT2D eigenvalue weighted by atomic mass is 32.1. The Kier molecular flexibility index (Phi) is 7.08. The maximum absolute atomic E-state index is 11.8. The molecule has 3 N–H and O–H groups in total. The number of fused-ring (bicyclic) bond motifs is 4. The average molecular weight is 595 g/mol. The van der Waals surface area contributed by atoms with Gasteiger partial charge in [0, 0.05) is 48.2 Å². The zero-order valence-corrected chi connectivity index (χ0v) is 25.6. The molecule has 2 amide bonds. The number of carbonyl (C=O) groups is 1. The lowest BCUT2D eigenvalue weighted by Gasteiger charge is -2.53. The summed E-state index contributed by atoms with van der Waals surface area (Å²) >= 11 is 1.78. The highest BCUT2D eigenvalue weighted by Crippen LogP contribution is 2.54. The van der Waals surface area contributed by atoms with Crippen LogP contribution in [0.1, 0.15) is 87.6 Å². The molecule has 0 aliphatic heterocycles. The molecule has 0 aromatic carbocycles. The summed E-state index contributed by atoms with van der Waals surface area (Å²) < 4.78 is 1.86. The van der Waals surface area contributed by atoms with Crippen molar-refractivity contribution >= 4 is 28.6 Å². The molecule has 0 spiro atoms. The number of rotatable bonds is 6. The van der Waals surface area contributed by atoms with Crippen LogP contribution in [-0.4, -0.2) is 44.2 Å². The molecule has 10 heteroatoms. The SMILES string of the molecule is CNC(=O)NC1CCC(c2ncc(-c3cnc(-c4ccc5cc(C#N)cnn45)cc3NC34CCC(C)(CC3)CC4)s2)CC1. The van der Waals surface area contributed by atoms with E-state index in [0.29, 0.717) is 16.9 Å². The predicted molar refractivity (Wildman–Crippen MR) is 169 cm³/mol. The third-order valence-corrected chi connectivity index (χ3v) is 11.4. The van der Waals surface area contributed by atoms with Crippen LogP contribution in [0.25, 0.3) is 27.3 Å². The summed E-state index contributed by atoms with van der Waals surface area (Å²) in [7, 11) is 1.66. The van der Waals surface area contributed by atoms with E-state index in [4.69, 9.17) is 9.97 Å². The third-order valence-electron chi connectivity index (χ3n) is 10.2. The molecule has 2 bridgehead atoms. The van der Waals surface area contributed by atoms with Crippen LogP contribution in [0.3, 0.4) is 0 Å². The second-order valence-corrected chi connectivity index (χ2v) is 14.1. The minimum absolute atomic E-state index is 0.105. The maximum atomic E-state index is 11.8. The highest BCUT2D eigenvalue weighted by molar-refractivity contribution is 7.15. The van der Waals surface area contributed by atoms with Crippen LogP contribution < -0.4 is 16.0 Å². The monoisotopic (exact) mass is 594 g/mol. The van der Waals surface area contributed by atoms with E-state index in [2.05, 4.69) is 40.1 Å². The van der Waals surface area contributed by atoms with Crippen LogP contribution in [0, 0.1) is 16.7 Å². The standard InChI is InChI=1S/C33H38N8OS/c1-32-9-12-33(13-10-32,14-11-32)40-26-16-27(28-8-7-24-15-21(17-34)18-38-41(24)28)36-19-25(26)29-20-37-30(43-29)22-3-5-23(6-4-22)39-31(42)35-2/h7-8,15-16,18-20,22-23H,3-6,9-14H2,1-2H3,(H,36,40)(H2,35,39,42). The van der Waals surface area contributed by atoms with Gasteiger partial charge in [0.15, 0.2) is 0 Å². The van der Waals surface area contributed by atoms with Gasteiger partial charge in [0.05, 0.1) is 38.5 Å². The summed E-state index contributed by atoms with van der Waals surface area (Å²) in [5.74, 6) is 0.412. The molecule has 0 unspecified atom stereocenters. The zero-order chi connectivity index (χ0) is 29.6. The Labute approximate surface area is 256 Å². The second-order valence-electron chi connectivity index (χ2n) is 13.1. The molecule has 4 aliphatic carbocycles. The van der Waals surface area contributed by atoms with Crippen molar-refractivity contribution in [1.29, 1.82) is 5.26 Å². The van der Waals surface area contributed by atoms with Gasteiger partial charge in [-0.3, -0.25) is 4.98 Å². The number of pyridine rings is 1. The fraction of sp³-hybridized carbons (Fsp3) is 0.485. The summed E-state index contributed by atoms with van der Waals surface area (Å²) in [6, 6.07) is 10.3. The number of urea groups is 1. The van der Waals surface area contributed by atoms with Crippen molar-refractivity contribution < 1.29 is 4.79 Å². The molecule has 222 valence electrons. The number of carbonyl (C=O) groups excluding carboxylic acids is 1. The van der Waals surface area contributed by atoms with Gasteiger partial charge in [-0.2, -0.15) is 10.4 Å². The van der Waals surface area contributed by atoms with Crippen molar-refractivity contribution in [2.45, 2.75) is 88.6 Å². The van der Waals surface area contributed by atoms with E-state index in [9.17, 15) is 10.1 Å². The number of anilines is 1. The number of amides is 2. The van der Waals surface area contributed by atoms with Gasteiger partial charge < -0.3 is 16.0 Å². The number of thiazole rings is 1. The number of nitriles is 1. The van der Waals surface area contributed by atoms with Crippen LogP contribution in [-0.2, 0) is 0 Å². The Morgan fingerprint density at radius 3 is 2.51 bits per heavy atom. The van der Waals surface area contributed by atoms with Crippen molar-refractivity contribution in [3.05, 3.63) is 53.4 Å². The molecule has 4 aromatic heterocycles. The van der Waals surface area contributed by atoms with Crippen molar-refractivity contribution in [3.8, 4) is 27.9 Å². The van der Waals surface area contributed by atoms with Gasteiger partial charge in [-0.25, -0.2) is 14.3 Å². The first kappa shape index (κ1) is 27.8. The van der Waals surface area contributed by atoms with Gasteiger partial charge in [0.2, 0.25) is 0 Å². The zero-order valence-electron chi connectivity index (χ0n) is 24.8. The quantitative estimate of drug-likeness (QED) is 0.224. The Balaban J connectivity index is 1.20. The minimum atomic E-state index is -0.105. The summed E-state index contributed by atoms with van der Waals surface area (Å²) in [4.78, 5) is 22.8. The lowest BCUT2D eigenvalue weighted by atomic mass is 9.58. The van der Waals surface area contributed by atoms with E-state index in [1.165, 1.54) is 43.5 Å². The van der Waals surface area contributed by atoms with E-state index < -0.39 is 0 Å². The molecule has 4 saturated carbocycles. The van der Waals surface area contributed by atoms with Crippen molar-refractivity contribution in [3.63, 3.8) is 0 Å². The second kappa shape index (κ2) is 10.9. The van der Waals surface area contributed by atoms with Crippen molar-refractivity contribution in [2.24, 2.45) is 5.41 Å². The first-order valence-corrected chi connectivity index (χ1v) is 16.3. The number of hydrogen-bond donors (Lipinski definition) is 3. The molecule has 4 heterocycles. The van der Waals surface area contributed by atoms with Crippen LogP contribution in [0.15, 0.2) is 42.9 Å². The molecule has 8 rings (SSSR count). The predicted octanol–water partition coefficient (Wildman–Crippen LogP) is 6.87. The highest BCUT2D eigenvalue weighted by Gasteiger charge is 2.46. The molecule has 43 heavy (non-hydrogen) atoms. The van der Waals surface area contributed by atoms with Crippen LogP contribution >= 0.6 is 11.3 Å². The lowest BCUT2D eigenvalue weighted by Crippen LogP contribution is -2.49. The number of hydrogen-bond acceptors (Lipinski definition) is 7. The molecule has 4 aromatic rings. The third kappa shape index (κ3) is 5.35. The molecule has 0 saturated heterocycles. The van der Waals surface area contributed by atoms with E-state index in [1.807, 2.05) is 35.1 Å². The fourth-order valence-electron chi connectivity index (χ4n) is 7.34. The first-order chi connectivity index (χ1) is 20.9.